The highest BCUT2D eigenvalue weighted by Gasteiger charge is 2.39. The average molecular weight is 390 g/mol. The van der Waals surface area contributed by atoms with Crippen LogP contribution < -0.4 is 10.6 Å². The Morgan fingerprint density at radius 1 is 1.03 bits per heavy atom. The fourth-order valence-electron chi connectivity index (χ4n) is 5.07. The van der Waals surface area contributed by atoms with Crippen LogP contribution >= 0.6 is 0 Å². The fourth-order valence-corrected chi connectivity index (χ4v) is 5.07. The minimum absolute atomic E-state index is 0.125. The maximum Gasteiger partial charge on any atom is 0.0998 e. The van der Waals surface area contributed by atoms with E-state index in [-0.39, 0.29) is 5.92 Å². The molecule has 1 heterocycles. The van der Waals surface area contributed by atoms with Gasteiger partial charge in [0.2, 0.25) is 0 Å². The zero-order chi connectivity index (χ0) is 20.1. The number of aliphatic hydroxyl groups is 1. The molecule has 1 aliphatic carbocycles. The van der Waals surface area contributed by atoms with Crippen LogP contribution in [0, 0.1) is 11.3 Å². The third-order valence-corrected chi connectivity index (χ3v) is 6.69. The minimum atomic E-state index is -0.622. The molecule has 4 rings (SSSR count). The summed E-state index contributed by atoms with van der Waals surface area (Å²) in [5, 5.41) is 28.1. The molecule has 0 radical (unpaired) electrons. The van der Waals surface area contributed by atoms with Crippen molar-refractivity contribution in [1.29, 1.82) is 5.26 Å². The van der Waals surface area contributed by atoms with Crippen molar-refractivity contribution in [3.05, 3.63) is 59.7 Å². The highest BCUT2D eigenvalue weighted by molar-refractivity contribution is 5.70. The van der Waals surface area contributed by atoms with Crippen LogP contribution in [-0.4, -0.2) is 36.4 Å². The van der Waals surface area contributed by atoms with Crippen LogP contribution in [0.2, 0.25) is 0 Å². The van der Waals surface area contributed by atoms with Crippen LogP contribution in [0.25, 0.3) is 11.1 Å². The molecule has 1 saturated heterocycles. The van der Waals surface area contributed by atoms with E-state index in [9.17, 15) is 10.4 Å². The Labute approximate surface area is 174 Å². The van der Waals surface area contributed by atoms with E-state index in [1.165, 1.54) is 12.0 Å². The van der Waals surface area contributed by atoms with Gasteiger partial charge in [-0.1, -0.05) is 61.7 Å². The van der Waals surface area contributed by atoms with Crippen molar-refractivity contribution in [3.8, 4) is 17.2 Å². The molecule has 1 aliphatic heterocycles. The van der Waals surface area contributed by atoms with Crippen LogP contribution in [0.3, 0.4) is 0 Å². The Morgan fingerprint density at radius 3 is 2.48 bits per heavy atom. The maximum atomic E-state index is 11.6. The minimum Gasteiger partial charge on any atom is -0.389 e. The first-order valence-corrected chi connectivity index (χ1v) is 11.0. The SMILES string of the molecule is N#Cc1ccccc1-c1ccc(C(CC2CNCCN2)C2(O)CCCCC2)cc1. The van der Waals surface area contributed by atoms with E-state index < -0.39 is 5.60 Å². The number of nitrogens with zero attached hydrogens (tertiary/aromatic N) is 1. The van der Waals surface area contributed by atoms with E-state index in [1.54, 1.807) is 0 Å². The molecule has 2 aromatic carbocycles. The van der Waals surface area contributed by atoms with Crippen molar-refractivity contribution in [3.63, 3.8) is 0 Å². The zero-order valence-electron chi connectivity index (χ0n) is 17.0. The Morgan fingerprint density at radius 2 is 1.79 bits per heavy atom. The lowest BCUT2D eigenvalue weighted by molar-refractivity contribution is -0.0269. The predicted octanol–water partition coefficient (Wildman–Crippen LogP) is 3.96. The number of hydrogen-bond acceptors (Lipinski definition) is 4. The first kappa shape index (κ1) is 20.1. The van der Waals surface area contributed by atoms with E-state index in [2.05, 4.69) is 41.0 Å². The molecule has 152 valence electrons. The molecule has 4 nitrogen and oxygen atoms in total. The quantitative estimate of drug-likeness (QED) is 0.724. The molecule has 2 unspecified atom stereocenters. The van der Waals surface area contributed by atoms with Crippen molar-refractivity contribution < 1.29 is 5.11 Å². The molecule has 4 heteroatoms. The summed E-state index contributed by atoms with van der Waals surface area (Å²) in [7, 11) is 0. The van der Waals surface area contributed by atoms with Crippen LogP contribution in [0.4, 0.5) is 0 Å². The fraction of sp³-hybridized carbons (Fsp3) is 0.480. The summed E-state index contributed by atoms with van der Waals surface area (Å²) >= 11 is 0. The molecule has 0 spiro atoms. The molecular formula is C25H31N3O. The Hall–Kier alpha value is -2.19. The summed E-state index contributed by atoms with van der Waals surface area (Å²) in [6, 6.07) is 18.9. The van der Waals surface area contributed by atoms with E-state index in [0.29, 0.717) is 11.6 Å². The van der Waals surface area contributed by atoms with E-state index in [1.807, 2.05) is 24.3 Å². The van der Waals surface area contributed by atoms with Gasteiger partial charge in [0, 0.05) is 31.6 Å². The molecule has 2 aliphatic rings. The van der Waals surface area contributed by atoms with E-state index in [4.69, 9.17) is 0 Å². The smallest absolute Gasteiger partial charge is 0.0998 e. The maximum absolute atomic E-state index is 11.6. The molecule has 0 bridgehead atoms. The van der Waals surface area contributed by atoms with Gasteiger partial charge in [0.05, 0.1) is 17.2 Å². The van der Waals surface area contributed by atoms with Gasteiger partial charge < -0.3 is 15.7 Å². The standard InChI is InChI=1S/C25H31N3O/c26-17-21-6-2-3-7-23(21)19-8-10-20(11-9-19)24(16-22-18-27-14-15-28-22)25(29)12-4-1-5-13-25/h2-3,6-11,22,24,27-29H,1,4-5,12-16,18H2. The molecule has 1 saturated carbocycles. The number of rotatable bonds is 5. The Kier molecular flexibility index (Phi) is 6.30. The number of nitriles is 1. The highest BCUT2D eigenvalue weighted by atomic mass is 16.3. The van der Waals surface area contributed by atoms with E-state index in [0.717, 1.165) is 62.9 Å². The van der Waals surface area contributed by atoms with Crippen LogP contribution in [-0.2, 0) is 0 Å². The van der Waals surface area contributed by atoms with Crippen molar-refractivity contribution in [2.24, 2.45) is 0 Å². The first-order valence-electron chi connectivity index (χ1n) is 11.0. The molecule has 29 heavy (non-hydrogen) atoms. The Bertz CT molecular complexity index is 843. The van der Waals surface area contributed by atoms with Gasteiger partial charge in [-0.25, -0.2) is 0 Å². The number of hydrogen-bond donors (Lipinski definition) is 3. The monoisotopic (exact) mass is 389 g/mol. The number of piperazine rings is 1. The molecule has 2 atom stereocenters. The van der Waals surface area contributed by atoms with Gasteiger partial charge in [0.15, 0.2) is 0 Å². The average Bonchev–Trinajstić information content (AvgIpc) is 2.79. The second kappa shape index (κ2) is 9.09. The first-order chi connectivity index (χ1) is 14.2. The molecule has 0 amide bonds. The highest BCUT2D eigenvalue weighted by Crippen LogP contribution is 2.43. The summed E-state index contributed by atoms with van der Waals surface area (Å²) in [5.74, 6) is 0.125. The van der Waals surface area contributed by atoms with Gasteiger partial charge in [-0.3, -0.25) is 0 Å². The lowest BCUT2D eigenvalue weighted by Gasteiger charge is -2.42. The summed E-state index contributed by atoms with van der Waals surface area (Å²) < 4.78 is 0. The second-order valence-corrected chi connectivity index (χ2v) is 8.59. The van der Waals surface area contributed by atoms with Gasteiger partial charge in [-0.15, -0.1) is 0 Å². The van der Waals surface area contributed by atoms with Crippen molar-refractivity contribution >= 4 is 0 Å². The third-order valence-electron chi connectivity index (χ3n) is 6.69. The third kappa shape index (κ3) is 4.53. The molecule has 2 aromatic rings. The Balaban J connectivity index is 1.62. The summed E-state index contributed by atoms with van der Waals surface area (Å²) in [5.41, 5.74) is 3.30. The van der Waals surface area contributed by atoms with E-state index >= 15 is 0 Å². The summed E-state index contributed by atoms with van der Waals surface area (Å²) in [4.78, 5) is 0. The van der Waals surface area contributed by atoms with Gasteiger partial charge in [0.25, 0.3) is 0 Å². The normalized spacial score (nSPS) is 22.6. The largest absolute Gasteiger partial charge is 0.389 e. The summed E-state index contributed by atoms with van der Waals surface area (Å²) in [6.45, 7) is 2.96. The van der Waals surface area contributed by atoms with Crippen LogP contribution in [0.1, 0.15) is 55.6 Å². The topological polar surface area (TPSA) is 68.1 Å². The lowest BCUT2D eigenvalue weighted by Crippen LogP contribution is -2.51. The van der Waals surface area contributed by atoms with Gasteiger partial charge in [-0.05, 0) is 42.0 Å². The van der Waals surface area contributed by atoms with Crippen molar-refractivity contribution in [2.45, 2.75) is 56.1 Å². The molecular weight excluding hydrogens is 358 g/mol. The van der Waals surface area contributed by atoms with Gasteiger partial charge in [0.1, 0.15) is 0 Å². The summed E-state index contributed by atoms with van der Waals surface area (Å²) in [6.07, 6.45) is 6.15. The zero-order valence-corrected chi connectivity index (χ0v) is 17.0. The molecule has 2 fully saturated rings. The van der Waals surface area contributed by atoms with Crippen LogP contribution in [0.5, 0.6) is 0 Å². The lowest BCUT2D eigenvalue weighted by atomic mass is 9.70. The predicted molar refractivity (Wildman–Crippen MR) is 117 cm³/mol. The number of nitrogens with one attached hydrogen (secondary N) is 2. The van der Waals surface area contributed by atoms with Crippen LogP contribution in [0.15, 0.2) is 48.5 Å². The molecule has 0 aromatic heterocycles. The van der Waals surface area contributed by atoms with Crippen molar-refractivity contribution in [1.82, 2.24) is 10.6 Å². The van der Waals surface area contributed by atoms with Crippen molar-refractivity contribution in [2.75, 3.05) is 19.6 Å². The number of benzene rings is 2. The van der Waals surface area contributed by atoms with Gasteiger partial charge in [-0.2, -0.15) is 5.26 Å². The molecule has 3 N–H and O–H groups in total. The second-order valence-electron chi connectivity index (χ2n) is 8.59. The van der Waals surface area contributed by atoms with Gasteiger partial charge >= 0.3 is 0 Å².